The third kappa shape index (κ3) is 4.92. The highest BCUT2D eigenvalue weighted by Crippen LogP contribution is 2.31. The Labute approximate surface area is 151 Å². The first-order chi connectivity index (χ1) is 11.5. The first-order valence-electron chi connectivity index (χ1n) is 7.78. The van der Waals surface area contributed by atoms with Gasteiger partial charge in [0.25, 0.3) is 0 Å². The van der Waals surface area contributed by atoms with Gasteiger partial charge in [-0.15, -0.1) is 0 Å². The van der Waals surface area contributed by atoms with Crippen molar-refractivity contribution < 1.29 is 13.9 Å². The smallest absolute Gasteiger partial charge is 0.131 e. The zero-order valence-corrected chi connectivity index (χ0v) is 15.8. The highest BCUT2D eigenvalue weighted by Gasteiger charge is 2.12. The maximum Gasteiger partial charge on any atom is 0.131 e. The lowest BCUT2D eigenvalue weighted by atomic mass is 9.97. The molecule has 0 bridgehead atoms. The molecule has 0 spiro atoms. The molecule has 2 nitrogen and oxygen atoms in total. The van der Waals surface area contributed by atoms with Gasteiger partial charge in [-0.1, -0.05) is 45.8 Å². The van der Waals surface area contributed by atoms with Gasteiger partial charge < -0.3 is 9.47 Å². The van der Waals surface area contributed by atoms with Crippen LogP contribution in [0.25, 0.3) is 11.1 Å². The van der Waals surface area contributed by atoms with Crippen LogP contribution in [0.1, 0.15) is 25.0 Å². The maximum absolute atomic E-state index is 14.3. The Morgan fingerprint density at radius 3 is 2.58 bits per heavy atom. The van der Waals surface area contributed by atoms with Crippen LogP contribution in [0.2, 0.25) is 0 Å². The van der Waals surface area contributed by atoms with E-state index in [1.807, 2.05) is 38.1 Å². The number of methoxy groups -OCH3 is 1. The summed E-state index contributed by atoms with van der Waals surface area (Å²) in [4.78, 5) is 0. The molecule has 0 aliphatic rings. The summed E-state index contributed by atoms with van der Waals surface area (Å²) in [5.74, 6) is 0.361. The van der Waals surface area contributed by atoms with Crippen molar-refractivity contribution in [3.8, 4) is 16.9 Å². The fourth-order valence-corrected chi connectivity index (χ4v) is 2.69. The minimum Gasteiger partial charge on any atom is -0.497 e. The Morgan fingerprint density at radius 2 is 1.92 bits per heavy atom. The topological polar surface area (TPSA) is 18.5 Å². The number of benzene rings is 2. The van der Waals surface area contributed by atoms with Crippen LogP contribution in [0.5, 0.6) is 5.75 Å². The van der Waals surface area contributed by atoms with Crippen LogP contribution in [0.4, 0.5) is 4.39 Å². The normalized spacial score (nSPS) is 10.5. The Hall–Kier alpha value is -1.65. The fourth-order valence-electron chi connectivity index (χ4n) is 2.34. The van der Waals surface area contributed by atoms with Crippen molar-refractivity contribution in [3.05, 3.63) is 65.0 Å². The molecule has 2 aromatic rings. The van der Waals surface area contributed by atoms with Gasteiger partial charge in [0.1, 0.15) is 11.6 Å². The molecular formula is C20H22BrFO2. The molecule has 0 aromatic heterocycles. The number of rotatable bonds is 7. The third-order valence-corrected chi connectivity index (χ3v) is 4.30. The van der Waals surface area contributed by atoms with Crippen molar-refractivity contribution >= 4 is 15.9 Å². The number of alkyl halides is 1. The summed E-state index contributed by atoms with van der Waals surface area (Å²) in [6.07, 6.45) is 2.03. The van der Waals surface area contributed by atoms with E-state index in [9.17, 15) is 4.39 Å². The van der Waals surface area contributed by atoms with Gasteiger partial charge in [-0.3, -0.25) is 0 Å². The Balaban J connectivity index is 2.36. The van der Waals surface area contributed by atoms with Crippen LogP contribution in [-0.4, -0.2) is 13.7 Å². The van der Waals surface area contributed by atoms with Gasteiger partial charge in [0, 0.05) is 10.9 Å². The molecule has 0 fully saturated rings. The molecule has 0 saturated carbocycles. The molecule has 24 heavy (non-hydrogen) atoms. The van der Waals surface area contributed by atoms with Gasteiger partial charge >= 0.3 is 0 Å². The van der Waals surface area contributed by atoms with Crippen LogP contribution < -0.4 is 4.74 Å². The summed E-state index contributed by atoms with van der Waals surface area (Å²) < 4.78 is 25.3. The molecule has 2 rings (SSSR count). The second kappa shape index (κ2) is 9.00. The molecule has 128 valence electrons. The number of allylic oxidation sites excluding steroid dienone is 1. The van der Waals surface area contributed by atoms with Gasteiger partial charge in [0.05, 0.1) is 20.3 Å². The SMILES string of the molecule is COc1ccc(F)c(-c2ccc(CBr)cc2COCC=C(C)C)c1. The van der Waals surface area contributed by atoms with Crippen LogP contribution in [-0.2, 0) is 16.7 Å². The van der Waals surface area contributed by atoms with E-state index in [0.29, 0.717) is 24.5 Å². The van der Waals surface area contributed by atoms with E-state index in [-0.39, 0.29) is 5.82 Å². The van der Waals surface area contributed by atoms with Crippen molar-refractivity contribution in [3.63, 3.8) is 0 Å². The van der Waals surface area contributed by atoms with E-state index in [1.165, 1.54) is 11.6 Å². The molecule has 0 saturated heterocycles. The summed E-state index contributed by atoms with van der Waals surface area (Å²) >= 11 is 3.47. The molecule has 0 aliphatic carbocycles. The molecule has 0 atom stereocenters. The first-order valence-corrected chi connectivity index (χ1v) is 8.90. The van der Waals surface area contributed by atoms with Gasteiger partial charge in [-0.2, -0.15) is 0 Å². The highest BCUT2D eigenvalue weighted by atomic mass is 79.9. The summed E-state index contributed by atoms with van der Waals surface area (Å²) in [6, 6.07) is 10.7. The highest BCUT2D eigenvalue weighted by molar-refractivity contribution is 9.08. The minimum absolute atomic E-state index is 0.270. The lowest BCUT2D eigenvalue weighted by Gasteiger charge is -2.13. The molecule has 0 amide bonds. The van der Waals surface area contributed by atoms with Gasteiger partial charge in [-0.25, -0.2) is 4.39 Å². The van der Waals surface area contributed by atoms with Crippen LogP contribution >= 0.6 is 15.9 Å². The molecule has 0 aliphatic heterocycles. The minimum atomic E-state index is -0.270. The lowest BCUT2D eigenvalue weighted by molar-refractivity contribution is 0.148. The van der Waals surface area contributed by atoms with E-state index in [0.717, 1.165) is 22.0 Å². The van der Waals surface area contributed by atoms with Crippen molar-refractivity contribution in [1.29, 1.82) is 0 Å². The predicted octanol–water partition coefficient (Wildman–Crippen LogP) is 5.88. The Kier molecular flexibility index (Phi) is 7.00. The van der Waals surface area contributed by atoms with Crippen molar-refractivity contribution in [2.24, 2.45) is 0 Å². The molecule has 0 unspecified atom stereocenters. The van der Waals surface area contributed by atoms with Gasteiger partial charge in [0.2, 0.25) is 0 Å². The largest absolute Gasteiger partial charge is 0.497 e. The maximum atomic E-state index is 14.3. The van der Waals surface area contributed by atoms with Crippen LogP contribution in [0.15, 0.2) is 48.0 Å². The van der Waals surface area contributed by atoms with Gasteiger partial charge in [-0.05, 0) is 48.7 Å². The summed E-state index contributed by atoms with van der Waals surface area (Å²) in [6.45, 7) is 5.04. The number of halogens is 2. The van der Waals surface area contributed by atoms with Crippen LogP contribution in [0.3, 0.4) is 0 Å². The number of ether oxygens (including phenoxy) is 2. The number of hydrogen-bond acceptors (Lipinski definition) is 2. The fraction of sp³-hybridized carbons (Fsp3) is 0.300. The average Bonchev–Trinajstić information content (AvgIpc) is 2.59. The summed E-state index contributed by atoms with van der Waals surface area (Å²) in [5, 5.41) is 0.745. The first kappa shape index (κ1) is 18.7. The Bertz CT molecular complexity index is 722. The summed E-state index contributed by atoms with van der Waals surface area (Å²) in [7, 11) is 1.58. The van der Waals surface area contributed by atoms with E-state index in [2.05, 4.69) is 15.9 Å². The standard InChI is InChI=1S/C20H22BrFO2/c1-14(2)8-9-24-13-16-10-15(12-21)4-6-18(16)19-11-17(23-3)5-7-20(19)22/h4-8,10-11H,9,12-13H2,1-3H3. The van der Waals surface area contributed by atoms with Crippen LogP contribution in [0, 0.1) is 5.82 Å². The molecule has 2 aromatic carbocycles. The van der Waals surface area contributed by atoms with Gasteiger partial charge in [0.15, 0.2) is 0 Å². The molecule has 4 heteroatoms. The second-order valence-corrected chi connectivity index (χ2v) is 6.33. The number of hydrogen-bond donors (Lipinski definition) is 0. The quantitative estimate of drug-likeness (QED) is 0.332. The lowest BCUT2D eigenvalue weighted by Crippen LogP contribution is -1.99. The van der Waals surface area contributed by atoms with E-state index >= 15 is 0 Å². The van der Waals surface area contributed by atoms with E-state index in [1.54, 1.807) is 19.2 Å². The molecule has 0 N–H and O–H groups in total. The van der Waals surface area contributed by atoms with Crippen molar-refractivity contribution in [2.75, 3.05) is 13.7 Å². The van der Waals surface area contributed by atoms with E-state index < -0.39 is 0 Å². The summed E-state index contributed by atoms with van der Waals surface area (Å²) in [5.41, 5.74) is 4.65. The monoisotopic (exact) mass is 392 g/mol. The second-order valence-electron chi connectivity index (χ2n) is 5.77. The zero-order valence-electron chi connectivity index (χ0n) is 14.2. The van der Waals surface area contributed by atoms with E-state index in [4.69, 9.17) is 9.47 Å². The molecule has 0 heterocycles. The Morgan fingerprint density at radius 1 is 1.12 bits per heavy atom. The van der Waals surface area contributed by atoms with Crippen molar-refractivity contribution in [1.82, 2.24) is 0 Å². The molecular weight excluding hydrogens is 371 g/mol. The third-order valence-electron chi connectivity index (χ3n) is 3.65. The molecule has 0 radical (unpaired) electrons. The predicted molar refractivity (Wildman–Crippen MR) is 100 cm³/mol. The van der Waals surface area contributed by atoms with Crippen molar-refractivity contribution in [2.45, 2.75) is 25.8 Å². The zero-order chi connectivity index (χ0) is 17.5. The average molecular weight is 393 g/mol.